The van der Waals surface area contributed by atoms with Gasteiger partial charge in [-0.25, -0.2) is 4.79 Å². The van der Waals surface area contributed by atoms with Gasteiger partial charge in [0, 0.05) is 30.6 Å². The van der Waals surface area contributed by atoms with E-state index in [4.69, 9.17) is 10.5 Å². The molecule has 2 rings (SSSR count). The van der Waals surface area contributed by atoms with Gasteiger partial charge in [-0.1, -0.05) is 0 Å². The normalized spacial score (nSPS) is 11.2. The summed E-state index contributed by atoms with van der Waals surface area (Å²) in [7, 11) is 4.93. The first-order valence-corrected chi connectivity index (χ1v) is 7.15. The van der Waals surface area contributed by atoms with E-state index in [9.17, 15) is 9.59 Å². The van der Waals surface area contributed by atoms with Crippen molar-refractivity contribution in [3.8, 4) is 5.75 Å². The van der Waals surface area contributed by atoms with Crippen LogP contribution in [-0.2, 0) is 11.8 Å². The van der Waals surface area contributed by atoms with Gasteiger partial charge in [-0.2, -0.15) is 5.10 Å². The van der Waals surface area contributed by atoms with Crippen LogP contribution in [0.5, 0.6) is 5.75 Å². The lowest BCUT2D eigenvalue weighted by Crippen LogP contribution is -2.30. The lowest BCUT2D eigenvalue weighted by Gasteiger charge is -2.16. The number of carbonyl (C=O) groups is 2. The predicted octanol–water partition coefficient (Wildman–Crippen LogP) is 1.24. The summed E-state index contributed by atoms with van der Waals surface area (Å²) in [4.78, 5) is 23.4. The van der Waals surface area contributed by atoms with Gasteiger partial charge in [0.15, 0.2) is 0 Å². The zero-order chi connectivity index (χ0) is 17.7. The molecule has 1 atom stereocenters. The molecule has 0 radical (unpaired) electrons. The van der Waals surface area contributed by atoms with Crippen LogP contribution in [0.15, 0.2) is 30.6 Å². The summed E-state index contributed by atoms with van der Waals surface area (Å²) in [6.45, 7) is 0. The van der Waals surface area contributed by atoms with Gasteiger partial charge in [-0.3, -0.25) is 9.48 Å². The molecule has 0 spiro atoms. The van der Waals surface area contributed by atoms with Crippen molar-refractivity contribution in [2.75, 3.05) is 24.8 Å². The van der Waals surface area contributed by atoms with Crippen molar-refractivity contribution >= 4 is 35.7 Å². The molecule has 3 amide bonds. The SMILES string of the molecule is CNC(C(=O)Nc1ccc(NC(N)=O)c(OC)c1)c1cnn(C)c1.Cl. The number of likely N-dealkylation sites (N-methyl/N-ethyl adjacent to an activating group) is 1. The molecule has 0 saturated heterocycles. The van der Waals surface area contributed by atoms with Crippen molar-refractivity contribution in [1.29, 1.82) is 0 Å². The molecule has 9 nitrogen and oxygen atoms in total. The monoisotopic (exact) mass is 368 g/mol. The van der Waals surface area contributed by atoms with E-state index in [2.05, 4.69) is 21.0 Å². The number of primary amides is 1. The number of urea groups is 1. The number of nitrogens with one attached hydrogen (secondary N) is 3. The molecule has 1 unspecified atom stereocenters. The van der Waals surface area contributed by atoms with Crippen LogP contribution in [-0.4, -0.2) is 35.9 Å². The van der Waals surface area contributed by atoms with E-state index in [1.165, 1.54) is 7.11 Å². The van der Waals surface area contributed by atoms with Gasteiger partial charge >= 0.3 is 6.03 Å². The van der Waals surface area contributed by atoms with Gasteiger partial charge < -0.3 is 26.4 Å². The van der Waals surface area contributed by atoms with Crippen LogP contribution in [0.3, 0.4) is 0 Å². The minimum Gasteiger partial charge on any atom is -0.494 e. The van der Waals surface area contributed by atoms with Crippen LogP contribution < -0.4 is 26.4 Å². The summed E-state index contributed by atoms with van der Waals surface area (Å²) in [6.07, 6.45) is 3.39. The number of carbonyl (C=O) groups excluding carboxylic acids is 2. The number of anilines is 2. The quantitative estimate of drug-likeness (QED) is 0.610. The van der Waals surface area contributed by atoms with Gasteiger partial charge in [0.2, 0.25) is 5.91 Å². The highest BCUT2D eigenvalue weighted by Crippen LogP contribution is 2.28. The summed E-state index contributed by atoms with van der Waals surface area (Å²) in [5.74, 6) is 0.136. The topological polar surface area (TPSA) is 123 Å². The maximum Gasteiger partial charge on any atom is 0.316 e. The number of hydrogen-bond donors (Lipinski definition) is 4. The second kappa shape index (κ2) is 8.90. The molecule has 2 aromatic rings. The van der Waals surface area contributed by atoms with E-state index >= 15 is 0 Å². The lowest BCUT2D eigenvalue weighted by molar-refractivity contribution is -0.118. The minimum atomic E-state index is -0.697. The number of nitrogens with zero attached hydrogens (tertiary/aromatic N) is 2. The van der Waals surface area contributed by atoms with E-state index in [1.54, 1.807) is 49.4 Å². The van der Waals surface area contributed by atoms with Crippen LogP contribution in [0.2, 0.25) is 0 Å². The second-order valence-corrected chi connectivity index (χ2v) is 5.06. The molecule has 1 heterocycles. The smallest absolute Gasteiger partial charge is 0.316 e. The molecule has 0 aliphatic rings. The molecule has 0 bridgehead atoms. The average molecular weight is 369 g/mol. The number of ether oxygens (including phenoxy) is 1. The Balaban J connectivity index is 0.00000312. The highest BCUT2D eigenvalue weighted by molar-refractivity contribution is 5.96. The molecule has 10 heteroatoms. The number of hydrogen-bond acceptors (Lipinski definition) is 5. The molecule has 0 fully saturated rings. The number of methoxy groups -OCH3 is 1. The number of aromatic nitrogens is 2. The summed E-state index contributed by atoms with van der Waals surface area (Å²) in [5, 5.41) is 12.3. The zero-order valence-corrected chi connectivity index (χ0v) is 14.9. The average Bonchev–Trinajstić information content (AvgIpc) is 2.95. The number of rotatable bonds is 6. The Morgan fingerprint density at radius 1 is 1.32 bits per heavy atom. The number of amides is 3. The van der Waals surface area contributed by atoms with Gasteiger partial charge in [0.25, 0.3) is 0 Å². The van der Waals surface area contributed by atoms with Gasteiger partial charge in [-0.15, -0.1) is 12.4 Å². The first-order valence-electron chi connectivity index (χ1n) is 7.15. The molecular formula is C15H21ClN6O3. The van der Waals surface area contributed by atoms with Crippen LogP contribution in [0, 0.1) is 0 Å². The van der Waals surface area contributed by atoms with Crippen molar-refractivity contribution < 1.29 is 14.3 Å². The fourth-order valence-corrected chi connectivity index (χ4v) is 2.26. The Morgan fingerprint density at radius 3 is 2.56 bits per heavy atom. The van der Waals surface area contributed by atoms with Crippen molar-refractivity contribution in [2.24, 2.45) is 12.8 Å². The van der Waals surface area contributed by atoms with Crippen LogP contribution in [0.1, 0.15) is 11.6 Å². The standard InChI is InChI=1S/C15H20N6O3.ClH/c1-17-13(9-7-18-21(2)8-9)14(22)19-10-4-5-11(20-15(16)23)12(6-10)24-3;/h4-8,13,17H,1-3H3,(H,19,22)(H3,16,20,23);1H. The molecule has 1 aromatic heterocycles. The molecular weight excluding hydrogens is 348 g/mol. The maximum atomic E-state index is 12.5. The third kappa shape index (κ3) is 5.10. The van der Waals surface area contributed by atoms with Crippen molar-refractivity contribution in [3.63, 3.8) is 0 Å². The number of benzene rings is 1. The molecule has 0 aliphatic heterocycles. The van der Waals surface area contributed by atoms with Crippen LogP contribution in [0.25, 0.3) is 0 Å². The highest BCUT2D eigenvalue weighted by atomic mass is 35.5. The Kier molecular flexibility index (Phi) is 7.22. The minimum absolute atomic E-state index is 0. The zero-order valence-electron chi connectivity index (χ0n) is 14.1. The molecule has 5 N–H and O–H groups in total. The second-order valence-electron chi connectivity index (χ2n) is 5.06. The van der Waals surface area contributed by atoms with Crippen LogP contribution in [0.4, 0.5) is 16.2 Å². The Bertz CT molecular complexity index is 749. The van der Waals surface area contributed by atoms with E-state index in [1.807, 2.05) is 0 Å². The molecule has 25 heavy (non-hydrogen) atoms. The fraction of sp³-hybridized carbons (Fsp3) is 0.267. The first-order chi connectivity index (χ1) is 11.4. The van der Waals surface area contributed by atoms with Gasteiger partial charge in [-0.05, 0) is 19.2 Å². The van der Waals surface area contributed by atoms with E-state index < -0.39 is 12.1 Å². The lowest BCUT2D eigenvalue weighted by atomic mass is 10.1. The number of halogens is 1. The molecule has 136 valence electrons. The Hall–Kier alpha value is -2.78. The highest BCUT2D eigenvalue weighted by Gasteiger charge is 2.20. The van der Waals surface area contributed by atoms with Crippen molar-refractivity contribution in [3.05, 3.63) is 36.2 Å². The first kappa shape index (κ1) is 20.3. The third-order valence-electron chi connectivity index (χ3n) is 3.34. The summed E-state index contributed by atoms with van der Waals surface area (Å²) in [6, 6.07) is 3.59. The van der Waals surface area contributed by atoms with Crippen LogP contribution >= 0.6 is 12.4 Å². The summed E-state index contributed by atoms with van der Waals surface area (Å²) >= 11 is 0. The van der Waals surface area contributed by atoms with Gasteiger partial charge in [0.05, 0.1) is 19.0 Å². The Morgan fingerprint density at radius 2 is 2.04 bits per heavy atom. The van der Waals surface area contributed by atoms with E-state index in [0.717, 1.165) is 5.56 Å². The number of aryl methyl sites for hydroxylation is 1. The summed E-state index contributed by atoms with van der Waals surface area (Å²) in [5.41, 5.74) is 6.79. The number of nitrogens with two attached hydrogens (primary N) is 1. The summed E-state index contributed by atoms with van der Waals surface area (Å²) < 4.78 is 6.82. The molecule has 0 aliphatic carbocycles. The fourth-order valence-electron chi connectivity index (χ4n) is 2.26. The van der Waals surface area contributed by atoms with Crippen molar-refractivity contribution in [2.45, 2.75) is 6.04 Å². The predicted molar refractivity (Wildman–Crippen MR) is 97.1 cm³/mol. The van der Waals surface area contributed by atoms with Crippen molar-refractivity contribution in [1.82, 2.24) is 15.1 Å². The third-order valence-corrected chi connectivity index (χ3v) is 3.34. The van der Waals surface area contributed by atoms with E-state index in [-0.39, 0.29) is 18.3 Å². The maximum absolute atomic E-state index is 12.5. The molecule has 0 saturated carbocycles. The van der Waals surface area contributed by atoms with Gasteiger partial charge in [0.1, 0.15) is 11.8 Å². The van der Waals surface area contributed by atoms with E-state index in [0.29, 0.717) is 17.1 Å². The Labute approximate surface area is 151 Å². The largest absolute Gasteiger partial charge is 0.494 e. The molecule has 1 aromatic carbocycles.